The fourth-order valence-electron chi connectivity index (χ4n) is 2.79. The van der Waals surface area contributed by atoms with E-state index in [9.17, 15) is 4.79 Å². The van der Waals surface area contributed by atoms with Gasteiger partial charge in [0.25, 0.3) is 0 Å². The molecule has 1 aliphatic heterocycles. The van der Waals surface area contributed by atoms with E-state index in [-0.39, 0.29) is 11.2 Å². The number of nitrogens with zero attached hydrogens (tertiary/aromatic N) is 2. The van der Waals surface area contributed by atoms with E-state index in [2.05, 4.69) is 9.97 Å². The fraction of sp³-hybridized carbons (Fsp3) is 0.176. The quantitative estimate of drug-likeness (QED) is 0.778. The molecule has 0 spiro atoms. The lowest BCUT2D eigenvalue weighted by Crippen LogP contribution is -2.28. The van der Waals surface area contributed by atoms with Crippen LogP contribution in [0.3, 0.4) is 0 Å². The van der Waals surface area contributed by atoms with Gasteiger partial charge in [0.05, 0.1) is 27.0 Å². The van der Waals surface area contributed by atoms with Gasteiger partial charge in [-0.1, -0.05) is 47.6 Å². The number of thioether (sulfide) groups is 1. The summed E-state index contributed by atoms with van der Waals surface area (Å²) >= 11 is 7.70. The summed E-state index contributed by atoms with van der Waals surface area (Å²) in [6.07, 6.45) is 0.784. The van der Waals surface area contributed by atoms with Crippen LogP contribution in [0, 0.1) is 0 Å². The molecule has 1 atom stereocenters. The monoisotopic (exact) mass is 343 g/mol. The number of para-hydroxylation sites is 3. The van der Waals surface area contributed by atoms with Gasteiger partial charge in [-0.25, -0.2) is 4.98 Å². The van der Waals surface area contributed by atoms with E-state index in [1.54, 1.807) is 4.90 Å². The van der Waals surface area contributed by atoms with Crippen molar-refractivity contribution in [3.05, 3.63) is 53.6 Å². The predicted octanol–water partition coefficient (Wildman–Crippen LogP) is 4.11. The average Bonchev–Trinajstić information content (AvgIpc) is 3.12. The molecule has 1 aromatic heterocycles. The number of halogens is 1. The number of H-pyrrole nitrogens is 1. The lowest BCUT2D eigenvalue weighted by molar-refractivity contribution is -0.116. The zero-order valence-corrected chi connectivity index (χ0v) is 13.8. The number of aromatic nitrogens is 2. The molecule has 4 rings (SSSR count). The van der Waals surface area contributed by atoms with Crippen molar-refractivity contribution < 1.29 is 4.79 Å². The minimum Gasteiger partial charge on any atom is -0.333 e. The van der Waals surface area contributed by atoms with E-state index in [1.807, 2.05) is 48.5 Å². The van der Waals surface area contributed by atoms with Crippen molar-refractivity contribution in [2.45, 2.75) is 16.8 Å². The smallest absolute Gasteiger partial charge is 0.240 e. The molecule has 116 valence electrons. The number of rotatable bonds is 3. The number of anilines is 1. The van der Waals surface area contributed by atoms with Gasteiger partial charge in [0, 0.05) is 6.54 Å². The van der Waals surface area contributed by atoms with Gasteiger partial charge < -0.3 is 9.88 Å². The highest BCUT2D eigenvalue weighted by Crippen LogP contribution is 2.35. The van der Waals surface area contributed by atoms with Crippen LogP contribution in [0.25, 0.3) is 11.0 Å². The van der Waals surface area contributed by atoms with E-state index >= 15 is 0 Å². The summed E-state index contributed by atoms with van der Waals surface area (Å²) in [7, 11) is 0. The summed E-state index contributed by atoms with van der Waals surface area (Å²) < 4.78 is 0. The normalized spacial score (nSPS) is 18.0. The predicted molar refractivity (Wildman–Crippen MR) is 94.2 cm³/mol. The maximum absolute atomic E-state index is 12.7. The highest BCUT2D eigenvalue weighted by Gasteiger charge is 2.34. The number of aromatic amines is 1. The number of hydrogen-bond donors (Lipinski definition) is 1. The molecule has 0 unspecified atom stereocenters. The van der Waals surface area contributed by atoms with Crippen molar-refractivity contribution in [3.8, 4) is 0 Å². The van der Waals surface area contributed by atoms with Crippen molar-refractivity contribution >= 4 is 46.0 Å². The SMILES string of the molecule is O=C1[C@H](Sc2nc3ccccc3[nH]2)CCN1c1ccccc1Cl. The second kappa shape index (κ2) is 5.91. The minimum absolute atomic E-state index is 0.0866. The van der Waals surface area contributed by atoms with Gasteiger partial charge in [-0.3, -0.25) is 4.79 Å². The van der Waals surface area contributed by atoms with Crippen LogP contribution in [-0.4, -0.2) is 27.7 Å². The van der Waals surface area contributed by atoms with Gasteiger partial charge >= 0.3 is 0 Å². The van der Waals surface area contributed by atoms with Crippen LogP contribution in [0.4, 0.5) is 5.69 Å². The third kappa shape index (κ3) is 2.71. The molecule has 1 N–H and O–H groups in total. The lowest BCUT2D eigenvalue weighted by atomic mass is 10.3. The molecule has 0 radical (unpaired) electrons. The van der Waals surface area contributed by atoms with Gasteiger partial charge in [-0.2, -0.15) is 0 Å². The molecule has 1 fully saturated rings. The number of carbonyl (C=O) groups is 1. The number of imidazole rings is 1. The van der Waals surface area contributed by atoms with Crippen LogP contribution < -0.4 is 4.90 Å². The van der Waals surface area contributed by atoms with Crippen LogP contribution in [0.2, 0.25) is 5.02 Å². The number of benzene rings is 2. The molecule has 1 aliphatic rings. The Bertz CT molecular complexity index is 846. The molecule has 2 heterocycles. The third-order valence-corrected chi connectivity index (χ3v) is 5.38. The van der Waals surface area contributed by atoms with Crippen molar-refractivity contribution in [1.82, 2.24) is 9.97 Å². The summed E-state index contributed by atoms with van der Waals surface area (Å²) in [6.45, 7) is 0.681. The number of nitrogens with one attached hydrogen (secondary N) is 1. The van der Waals surface area contributed by atoms with Crippen molar-refractivity contribution in [2.24, 2.45) is 0 Å². The number of amides is 1. The molecule has 23 heavy (non-hydrogen) atoms. The summed E-state index contributed by atoms with van der Waals surface area (Å²) in [5, 5.41) is 1.26. The van der Waals surface area contributed by atoms with Crippen LogP contribution in [0.5, 0.6) is 0 Å². The molecule has 0 saturated carbocycles. The van der Waals surface area contributed by atoms with E-state index in [0.717, 1.165) is 28.3 Å². The Balaban J connectivity index is 1.55. The Morgan fingerprint density at radius 2 is 1.96 bits per heavy atom. The first-order valence-corrected chi connectivity index (χ1v) is 8.65. The summed E-state index contributed by atoms with van der Waals surface area (Å²) in [5.41, 5.74) is 2.69. The molecule has 3 aromatic rings. The zero-order valence-electron chi connectivity index (χ0n) is 12.2. The minimum atomic E-state index is -0.133. The van der Waals surface area contributed by atoms with Gasteiger partial charge in [-0.05, 0) is 30.7 Å². The maximum atomic E-state index is 12.7. The van der Waals surface area contributed by atoms with Crippen LogP contribution >= 0.6 is 23.4 Å². The summed E-state index contributed by atoms with van der Waals surface area (Å²) in [5.74, 6) is 0.0866. The van der Waals surface area contributed by atoms with E-state index in [4.69, 9.17) is 11.6 Å². The Kier molecular flexibility index (Phi) is 3.75. The first-order valence-electron chi connectivity index (χ1n) is 7.40. The zero-order chi connectivity index (χ0) is 15.8. The molecular weight excluding hydrogens is 330 g/mol. The van der Waals surface area contributed by atoms with Gasteiger partial charge in [0.1, 0.15) is 0 Å². The first-order chi connectivity index (χ1) is 11.2. The van der Waals surface area contributed by atoms with E-state index in [1.165, 1.54) is 11.8 Å². The van der Waals surface area contributed by atoms with E-state index in [0.29, 0.717) is 11.6 Å². The van der Waals surface area contributed by atoms with Crippen molar-refractivity contribution in [3.63, 3.8) is 0 Å². The van der Waals surface area contributed by atoms with Crippen LogP contribution in [0.1, 0.15) is 6.42 Å². The number of carbonyl (C=O) groups excluding carboxylic acids is 1. The Morgan fingerprint density at radius 3 is 2.78 bits per heavy atom. The lowest BCUT2D eigenvalue weighted by Gasteiger charge is -2.17. The largest absolute Gasteiger partial charge is 0.333 e. The third-order valence-electron chi connectivity index (χ3n) is 3.92. The Hall–Kier alpha value is -1.98. The maximum Gasteiger partial charge on any atom is 0.240 e. The average molecular weight is 344 g/mol. The van der Waals surface area contributed by atoms with Crippen LogP contribution in [-0.2, 0) is 4.79 Å². The van der Waals surface area contributed by atoms with Gasteiger partial charge in [0.2, 0.25) is 5.91 Å². The standard InChI is InChI=1S/C17H14ClN3OS/c18-11-5-1-4-8-14(11)21-10-9-15(16(21)22)23-17-19-12-6-2-3-7-13(12)20-17/h1-8,15H,9-10H2,(H,19,20)/t15-/m1/s1. The molecule has 1 amide bonds. The second-order valence-corrected chi connectivity index (χ2v) is 6.99. The Morgan fingerprint density at radius 1 is 1.17 bits per heavy atom. The second-order valence-electron chi connectivity index (χ2n) is 5.40. The molecular formula is C17H14ClN3OS. The molecule has 0 aliphatic carbocycles. The summed E-state index contributed by atoms with van der Waals surface area (Å²) in [4.78, 5) is 22.2. The van der Waals surface area contributed by atoms with Crippen LogP contribution in [0.15, 0.2) is 53.7 Å². The van der Waals surface area contributed by atoms with Crippen molar-refractivity contribution in [2.75, 3.05) is 11.4 Å². The molecule has 1 saturated heterocycles. The molecule has 2 aromatic carbocycles. The summed E-state index contributed by atoms with van der Waals surface area (Å²) in [6, 6.07) is 15.3. The van der Waals surface area contributed by atoms with E-state index < -0.39 is 0 Å². The number of fused-ring (bicyclic) bond motifs is 1. The molecule has 6 heteroatoms. The van der Waals surface area contributed by atoms with Gasteiger partial charge in [0.15, 0.2) is 5.16 Å². The van der Waals surface area contributed by atoms with Crippen molar-refractivity contribution in [1.29, 1.82) is 0 Å². The first kappa shape index (κ1) is 14.6. The molecule has 4 nitrogen and oxygen atoms in total. The highest BCUT2D eigenvalue weighted by atomic mass is 35.5. The molecule has 0 bridgehead atoms. The van der Waals surface area contributed by atoms with Gasteiger partial charge in [-0.15, -0.1) is 0 Å². The highest BCUT2D eigenvalue weighted by molar-refractivity contribution is 8.00. The topological polar surface area (TPSA) is 49.0 Å². The number of hydrogen-bond acceptors (Lipinski definition) is 3. The fourth-order valence-corrected chi connectivity index (χ4v) is 4.07. The Labute approximate surface area is 142 Å².